The Bertz CT molecular complexity index is 973. The lowest BCUT2D eigenvalue weighted by atomic mass is 10.1. The number of benzene rings is 1. The number of fused-ring (bicyclic) bond motifs is 1. The van der Waals surface area contributed by atoms with Crippen LogP contribution in [0.1, 0.15) is 37.0 Å². The van der Waals surface area contributed by atoms with Gasteiger partial charge in [-0.1, -0.05) is 31.5 Å². The Morgan fingerprint density at radius 1 is 1.21 bits per heavy atom. The smallest absolute Gasteiger partial charge is 0.326 e. The van der Waals surface area contributed by atoms with Crippen molar-refractivity contribution in [2.75, 3.05) is 25.6 Å². The highest BCUT2D eigenvalue weighted by molar-refractivity contribution is 7.91. The number of esters is 1. The second-order valence-corrected chi connectivity index (χ2v) is 8.31. The summed E-state index contributed by atoms with van der Waals surface area (Å²) in [6, 6.07) is 8.48. The zero-order valence-corrected chi connectivity index (χ0v) is 17.2. The first kappa shape index (κ1) is 21.6. The van der Waals surface area contributed by atoms with Crippen molar-refractivity contribution >= 4 is 38.6 Å². The monoisotopic (exact) mass is 407 g/mol. The van der Waals surface area contributed by atoms with Crippen LogP contribution in [0, 0.1) is 0 Å². The average Bonchev–Trinajstić information content (AvgIpc) is 2.64. The number of pyridine rings is 1. The number of carbonyl (C=O) groups is 2. The third-order valence-corrected chi connectivity index (χ3v) is 5.76. The van der Waals surface area contributed by atoms with Crippen LogP contribution in [0.25, 0.3) is 10.9 Å². The van der Waals surface area contributed by atoms with Crippen LogP contribution in [-0.2, 0) is 19.6 Å². The number of para-hydroxylation sites is 1. The van der Waals surface area contributed by atoms with Gasteiger partial charge in [0.25, 0.3) is 5.91 Å². The third-order valence-electron chi connectivity index (χ3n) is 4.12. The molecule has 0 saturated heterocycles. The molecule has 0 radical (unpaired) electrons. The lowest BCUT2D eigenvalue weighted by Crippen LogP contribution is -2.43. The molecule has 8 nitrogen and oxygen atoms in total. The first-order chi connectivity index (χ1) is 13.2. The summed E-state index contributed by atoms with van der Waals surface area (Å²) in [7, 11) is -0.720. The lowest BCUT2D eigenvalue weighted by molar-refractivity contribution is -0.142. The minimum Gasteiger partial charge on any atom is -0.465 e. The molecule has 0 aliphatic rings. The number of carbonyl (C=O) groups excluding carboxylic acids is 2. The fraction of sp³-hybridized carbons (Fsp3) is 0.421. The third kappa shape index (κ3) is 4.78. The number of hydrogen-bond donors (Lipinski definition) is 1. The molecule has 0 saturated carbocycles. The van der Waals surface area contributed by atoms with E-state index in [1.165, 1.54) is 6.07 Å². The predicted octanol–water partition coefficient (Wildman–Crippen LogP) is 2.09. The van der Waals surface area contributed by atoms with Gasteiger partial charge >= 0.3 is 5.97 Å². The summed E-state index contributed by atoms with van der Waals surface area (Å²) in [6.07, 6.45) is 0.503. The van der Waals surface area contributed by atoms with Crippen LogP contribution >= 0.6 is 0 Å². The fourth-order valence-electron chi connectivity index (χ4n) is 2.73. The Morgan fingerprint density at radius 2 is 1.89 bits per heavy atom. The molecule has 0 unspecified atom stereocenters. The number of hydrogen-bond acceptors (Lipinski definition) is 7. The van der Waals surface area contributed by atoms with Crippen molar-refractivity contribution in [3.63, 3.8) is 0 Å². The van der Waals surface area contributed by atoms with E-state index in [1.807, 2.05) is 4.72 Å². The molecule has 0 aliphatic carbocycles. The Labute approximate surface area is 164 Å². The molecule has 152 valence electrons. The van der Waals surface area contributed by atoms with E-state index in [0.717, 1.165) is 0 Å². The molecule has 1 heterocycles. The Hall–Kier alpha value is -2.68. The molecule has 2 rings (SSSR count). The van der Waals surface area contributed by atoms with Gasteiger partial charge in [0, 0.05) is 19.5 Å². The topological polar surface area (TPSA) is 106 Å². The SMILES string of the molecule is CCC[C@H](C(=O)OCC)S(=O)(=O)NC(=O)c1cc(N(C)C)nc2ccccc12. The molecule has 2 aromatic rings. The van der Waals surface area contributed by atoms with Gasteiger partial charge in [-0.25, -0.2) is 18.1 Å². The molecule has 0 spiro atoms. The van der Waals surface area contributed by atoms with Crippen LogP contribution in [0.15, 0.2) is 30.3 Å². The quantitative estimate of drug-likeness (QED) is 0.668. The van der Waals surface area contributed by atoms with E-state index in [-0.39, 0.29) is 18.6 Å². The first-order valence-electron chi connectivity index (χ1n) is 9.01. The number of rotatable bonds is 8. The fourth-order valence-corrected chi connectivity index (χ4v) is 4.11. The van der Waals surface area contributed by atoms with Gasteiger partial charge in [-0.2, -0.15) is 0 Å². The maximum Gasteiger partial charge on any atom is 0.326 e. The average molecular weight is 407 g/mol. The Balaban J connectivity index is 2.44. The maximum atomic E-state index is 12.8. The summed E-state index contributed by atoms with van der Waals surface area (Å²) in [4.78, 5) is 31.1. The summed E-state index contributed by atoms with van der Waals surface area (Å²) >= 11 is 0. The molecule has 1 atom stereocenters. The second-order valence-electron chi connectivity index (χ2n) is 6.45. The van der Waals surface area contributed by atoms with Crippen LogP contribution in [0.2, 0.25) is 0 Å². The van der Waals surface area contributed by atoms with Gasteiger partial charge < -0.3 is 9.64 Å². The van der Waals surface area contributed by atoms with Gasteiger partial charge in [-0.3, -0.25) is 9.59 Å². The Morgan fingerprint density at radius 3 is 2.50 bits per heavy atom. The van der Waals surface area contributed by atoms with Crippen molar-refractivity contribution in [1.82, 2.24) is 9.71 Å². The highest BCUT2D eigenvalue weighted by Gasteiger charge is 2.35. The predicted molar refractivity (Wildman–Crippen MR) is 108 cm³/mol. The summed E-state index contributed by atoms with van der Waals surface area (Å²) in [5.41, 5.74) is 0.726. The minimum atomic E-state index is -4.26. The number of aromatic nitrogens is 1. The lowest BCUT2D eigenvalue weighted by Gasteiger charge is -2.18. The van der Waals surface area contributed by atoms with E-state index in [1.54, 1.807) is 57.1 Å². The normalized spacial score (nSPS) is 12.4. The zero-order valence-electron chi connectivity index (χ0n) is 16.4. The summed E-state index contributed by atoms with van der Waals surface area (Å²) in [5.74, 6) is -1.16. The largest absolute Gasteiger partial charge is 0.465 e. The van der Waals surface area contributed by atoms with E-state index in [4.69, 9.17) is 4.74 Å². The van der Waals surface area contributed by atoms with E-state index in [2.05, 4.69) is 4.98 Å². The standard InChI is InChI=1S/C19H25N3O5S/c1-5-9-16(19(24)27-6-2)28(25,26)21-18(23)14-12-17(22(3)4)20-15-11-8-7-10-13(14)15/h7-8,10-12,16H,5-6,9H2,1-4H3,(H,21,23)/t16-/m1/s1. The highest BCUT2D eigenvalue weighted by Crippen LogP contribution is 2.22. The van der Waals surface area contributed by atoms with E-state index in [9.17, 15) is 18.0 Å². The number of ether oxygens (including phenoxy) is 1. The summed E-state index contributed by atoms with van der Waals surface area (Å²) in [6.45, 7) is 3.41. The van der Waals surface area contributed by atoms with E-state index < -0.39 is 27.1 Å². The van der Waals surface area contributed by atoms with E-state index >= 15 is 0 Å². The van der Waals surface area contributed by atoms with Crippen molar-refractivity contribution in [2.24, 2.45) is 0 Å². The van der Waals surface area contributed by atoms with Gasteiger partial charge in [0.2, 0.25) is 10.0 Å². The summed E-state index contributed by atoms with van der Waals surface area (Å²) in [5, 5.41) is -0.924. The van der Waals surface area contributed by atoms with Gasteiger partial charge in [-0.05, 0) is 25.5 Å². The number of nitrogens with zero attached hydrogens (tertiary/aromatic N) is 2. The van der Waals surface area contributed by atoms with Crippen LogP contribution in [0.5, 0.6) is 0 Å². The van der Waals surface area contributed by atoms with Gasteiger partial charge in [0.15, 0.2) is 5.25 Å². The molecule has 1 N–H and O–H groups in total. The van der Waals surface area contributed by atoms with Crippen LogP contribution < -0.4 is 9.62 Å². The molecular weight excluding hydrogens is 382 g/mol. The molecule has 0 bridgehead atoms. The van der Waals surface area contributed by atoms with Crippen LogP contribution in [-0.4, -0.2) is 51.2 Å². The molecular formula is C19H25N3O5S. The van der Waals surface area contributed by atoms with Crippen LogP contribution in [0.4, 0.5) is 5.82 Å². The molecule has 9 heteroatoms. The zero-order chi connectivity index (χ0) is 20.9. The molecule has 0 fully saturated rings. The minimum absolute atomic E-state index is 0.0570. The Kier molecular flexibility index (Phi) is 6.95. The summed E-state index contributed by atoms with van der Waals surface area (Å²) < 4.78 is 32.3. The van der Waals surface area contributed by atoms with Gasteiger partial charge in [0.05, 0.1) is 17.7 Å². The second kappa shape index (κ2) is 9.01. The van der Waals surface area contributed by atoms with Crippen molar-refractivity contribution in [3.8, 4) is 0 Å². The van der Waals surface area contributed by atoms with Crippen molar-refractivity contribution in [3.05, 3.63) is 35.9 Å². The highest BCUT2D eigenvalue weighted by atomic mass is 32.2. The van der Waals surface area contributed by atoms with Gasteiger partial charge in [0.1, 0.15) is 5.82 Å². The van der Waals surface area contributed by atoms with E-state index in [0.29, 0.717) is 23.1 Å². The van der Waals surface area contributed by atoms with Crippen molar-refractivity contribution in [1.29, 1.82) is 0 Å². The number of sulfonamides is 1. The molecule has 0 aliphatic heterocycles. The first-order valence-corrected chi connectivity index (χ1v) is 10.6. The van der Waals surface area contributed by atoms with Gasteiger partial charge in [-0.15, -0.1) is 0 Å². The number of amides is 1. The molecule has 1 amide bonds. The van der Waals surface area contributed by atoms with Crippen molar-refractivity contribution < 1.29 is 22.7 Å². The maximum absolute atomic E-state index is 12.8. The molecule has 1 aromatic heterocycles. The molecule has 1 aromatic carbocycles. The van der Waals surface area contributed by atoms with Crippen LogP contribution in [0.3, 0.4) is 0 Å². The number of nitrogens with one attached hydrogen (secondary N) is 1. The number of anilines is 1. The van der Waals surface area contributed by atoms with Crippen molar-refractivity contribution in [2.45, 2.75) is 31.9 Å². The molecule has 28 heavy (non-hydrogen) atoms.